The van der Waals surface area contributed by atoms with Crippen molar-refractivity contribution < 1.29 is 19.4 Å². The molecule has 2 rings (SSSR count). The standard InChI is InChI=1S/C22H29N3O4/c23-20(21(26)27)12-7-14-25(16-18-8-3-1-4-9-18)15-13-24-22(28)29-17-19-10-5-2-6-11-19/h1-6,8-11,20H,7,12-17,23H2,(H,24,28)(H,26,27)/t20-/m0/s1. The van der Waals surface area contributed by atoms with E-state index in [1.165, 1.54) is 0 Å². The highest BCUT2D eigenvalue weighted by molar-refractivity contribution is 5.72. The maximum atomic E-state index is 11.9. The van der Waals surface area contributed by atoms with Gasteiger partial charge in [0, 0.05) is 19.6 Å². The molecule has 156 valence electrons. The molecular formula is C22H29N3O4. The summed E-state index contributed by atoms with van der Waals surface area (Å²) in [7, 11) is 0. The van der Waals surface area contributed by atoms with Crippen LogP contribution < -0.4 is 11.1 Å². The number of carbonyl (C=O) groups is 2. The first-order valence-electron chi connectivity index (χ1n) is 9.74. The van der Waals surface area contributed by atoms with E-state index in [0.717, 1.165) is 11.1 Å². The smallest absolute Gasteiger partial charge is 0.407 e. The SMILES string of the molecule is N[C@@H](CCCN(CCNC(=O)OCc1ccccc1)Cc1ccccc1)C(=O)O. The number of rotatable bonds is 12. The van der Waals surface area contributed by atoms with Crippen molar-refractivity contribution in [1.82, 2.24) is 10.2 Å². The number of carboxylic acid groups (broad SMARTS) is 1. The van der Waals surface area contributed by atoms with E-state index >= 15 is 0 Å². The van der Waals surface area contributed by atoms with Crippen LogP contribution in [0.4, 0.5) is 4.79 Å². The van der Waals surface area contributed by atoms with Crippen LogP contribution in [0.15, 0.2) is 60.7 Å². The van der Waals surface area contributed by atoms with E-state index in [1.54, 1.807) is 0 Å². The summed E-state index contributed by atoms with van der Waals surface area (Å²) < 4.78 is 5.22. The summed E-state index contributed by atoms with van der Waals surface area (Å²) in [6.07, 6.45) is 0.618. The normalized spacial score (nSPS) is 11.8. The first kappa shape index (κ1) is 22.4. The molecule has 0 spiro atoms. The van der Waals surface area contributed by atoms with Crippen molar-refractivity contribution in [3.05, 3.63) is 71.8 Å². The highest BCUT2D eigenvalue weighted by atomic mass is 16.5. The molecule has 0 radical (unpaired) electrons. The Morgan fingerprint density at radius 2 is 1.62 bits per heavy atom. The molecule has 2 aromatic carbocycles. The third-order valence-corrected chi connectivity index (χ3v) is 4.47. The Morgan fingerprint density at radius 1 is 1.00 bits per heavy atom. The minimum atomic E-state index is -0.984. The molecule has 7 heteroatoms. The number of carbonyl (C=O) groups excluding carboxylic acids is 1. The number of nitrogens with zero attached hydrogens (tertiary/aromatic N) is 1. The molecule has 0 saturated carbocycles. The van der Waals surface area contributed by atoms with E-state index in [9.17, 15) is 9.59 Å². The van der Waals surface area contributed by atoms with Crippen LogP contribution in [-0.2, 0) is 22.7 Å². The summed E-state index contributed by atoms with van der Waals surface area (Å²) in [5.41, 5.74) is 7.67. The number of amides is 1. The van der Waals surface area contributed by atoms with Gasteiger partial charge in [-0.1, -0.05) is 60.7 Å². The van der Waals surface area contributed by atoms with Gasteiger partial charge in [-0.2, -0.15) is 0 Å². The quantitative estimate of drug-likeness (QED) is 0.507. The summed E-state index contributed by atoms with van der Waals surface area (Å²) in [6, 6.07) is 18.7. The van der Waals surface area contributed by atoms with Gasteiger partial charge in [-0.05, 0) is 30.5 Å². The summed E-state index contributed by atoms with van der Waals surface area (Å²) in [4.78, 5) is 24.9. The Hall–Kier alpha value is -2.90. The molecule has 0 heterocycles. The van der Waals surface area contributed by atoms with Gasteiger partial charge in [0.25, 0.3) is 0 Å². The third-order valence-electron chi connectivity index (χ3n) is 4.47. The minimum absolute atomic E-state index is 0.230. The molecule has 0 saturated heterocycles. The number of nitrogens with two attached hydrogens (primary N) is 1. The minimum Gasteiger partial charge on any atom is -0.480 e. The summed E-state index contributed by atoms with van der Waals surface area (Å²) in [5.74, 6) is -0.984. The second-order valence-electron chi connectivity index (χ2n) is 6.84. The molecule has 0 aliphatic rings. The summed E-state index contributed by atoms with van der Waals surface area (Å²) >= 11 is 0. The number of nitrogens with one attached hydrogen (secondary N) is 1. The molecule has 0 aromatic heterocycles. The van der Waals surface area contributed by atoms with Crippen molar-refractivity contribution in [3.8, 4) is 0 Å². The van der Waals surface area contributed by atoms with Crippen molar-refractivity contribution in [1.29, 1.82) is 0 Å². The van der Waals surface area contributed by atoms with E-state index in [-0.39, 0.29) is 6.61 Å². The van der Waals surface area contributed by atoms with Crippen LogP contribution in [0.25, 0.3) is 0 Å². The zero-order valence-electron chi connectivity index (χ0n) is 16.5. The summed E-state index contributed by atoms with van der Waals surface area (Å²) in [5, 5.41) is 11.7. The number of carboxylic acids is 1. The fourth-order valence-electron chi connectivity index (χ4n) is 2.86. The number of hydrogen-bond acceptors (Lipinski definition) is 5. The Morgan fingerprint density at radius 3 is 2.24 bits per heavy atom. The lowest BCUT2D eigenvalue weighted by molar-refractivity contribution is -0.138. The topological polar surface area (TPSA) is 105 Å². The lowest BCUT2D eigenvalue weighted by Gasteiger charge is -2.23. The average molecular weight is 399 g/mol. The highest BCUT2D eigenvalue weighted by Crippen LogP contribution is 2.07. The number of benzene rings is 2. The number of ether oxygens (including phenoxy) is 1. The van der Waals surface area contributed by atoms with Crippen molar-refractivity contribution in [3.63, 3.8) is 0 Å². The lowest BCUT2D eigenvalue weighted by Crippen LogP contribution is -2.36. The van der Waals surface area contributed by atoms with Gasteiger partial charge in [0.2, 0.25) is 0 Å². The molecule has 0 unspecified atom stereocenters. The molecule has 7 nitrogen and oxygen atoms in total. The van der Waals surface area contributed by atoms with Crippen LogP contribution >= 0.6 is 0 Å². The van der Waals surface area contributed by atoms with Crippen LogP contribution in [0.1, 0.15) is 24.0 Å². The second-order valence-corrected chi connectivity index (χ2v) is 6.84. The van der Waals surface area contributed by atoms with Gasteiger partial charge in [-0.25, -0.2) is 4.79 Å². The van der Waals surface area contributed by atoms with Gasteiger partial charge in [-0.15, -0.1) is 0 Å². The van der Waals surface area contributed by atoms with Crippen LogP contribution in [0, 0.1) is 0 Å². The van der Waals surface area contributed by atoms with Crippen LogP contribution in [0.5, 0.6) is 0 Å². The highest BCUT2D eigenvalue weighted by Gasteiger charge is 2.13. The van der Waals surface area contributed by atoms with Crippen molar-refractivity contribution in [2.24, 2.45) is 5.73 Å². The van der Waals surface area contributed by atoms with Crippen LogP contribution in [-0.4, -0.2) is 47.7 Å². The van der Waals surface area contributed by atoms with Gasteiger partial charge in [0.15, 0.2) is 0 Å². The average Bonchev–Trinajstić information content (AvgIpc) is 2.73. The van der Waals surface area contributed by atoms with E-state index in [4.69, 9.17) is 15.6 Å². The zero-order valence-corrected chi connectivity index (χ0v) is 16.5. The number of alkyl carbamates (subject to hydrolysis) is 1. The zero-order chi connectivity index (χ0) is 20.9. The largest absolute Gasteiger partial charge is 0.480 e. The molecule has 0 aliphatic carbocycles. The Balaban J connectivity index is 1.76. The monoisotopic (exact) mass is 399 g/mol. The van der Waals surface area contributed by atoms with Crippen molar-refractivity contribution >= 4 is 12.1 Å². The first-order chi connectivity index (χ1) is 14.0. The van der Waals surface area contributed by atoms with Gasteiger partial charge in [0.05, 0.1) is 0 Å². The maximum absolute atomic E-state index is 11.9. The fraction of sp³-hybridized carbons (Fsp3) is 0.364. The molecule has 0 fully saturated rings. The van der Waals surface area contributed by atoms with Gasteiger partial charge < -0.3 is 20.9 Å². The Kier molecular flexibility index (Phi) is 9.68. The first-order valence-corrected chi connectivity index (χ1v) is 9.74. The summed E-state index contributed by atoms with van der Waals surface area (Å²) in [6.45, 7) is 2.69. The predicted octanol–water partition coefficient (Wildman–Crippen LogP) is 2.61. The van der Waals surface area contributed by atoms with E-state index in [1.807, 2.05) is 60.7 Å². The van der Waals surface area contributed by atoms with Crippen LogP contribution in [0.3, 0.4) is 0 Å². The molecule has 0 aliphatic heterocycles. The molecular weight excluding hydrogens is 370 g/mol. The second kappa shape index (κ2) is 12.5. The van der Waals surface area contributed by atoms with Gasteiger partial charge >= 0.3 is 12.1 Å². The third kappa shape index (κ3) is 9.23. The Bertz CT molecular complexity index is 740. The van der Waals surface area contributed by atoms with E-state index < -0.39 is 18.1 Å². The maximum Gasteiger partial charge on any atom is 0.407 e. The molecule has 29 heavy (non-hydrogen) atoms. The fourth-order valence-corrected chi connectivity index (χ4v) is 2.86. The Labute approximate surface area is 171 Å². The van der Waals surface area contributed by atoms with Gasteiger partial charge in [-0.3, -0.25) is 9.69 Å². The number of hydrogen-bond donors (Lipinski definition) is 3. The van der Waals surface area contributed by atoms with Crippen LogP contribution in [0.2, 0.25) is 0 Å². The molecule has 2 aromatic rings. The van der Waals surface area contributed by atoms with Crippen molar-refractivity contribution in [2.75, 3.05) is 19.6 Å². The van der Waals surface area contributed by atoms with E-state index in [2.05, 4.69) is 10.2 Å². The molecule has 4 N–H and O–H groups in total. The predicted molar refractivity (Wildman–Crippen MR) is 111 cm³/mol. The molecule has 1 atom stereocenters. The molecule has 0 bridgehead atoms. The lowest BCUT2D eigenvalue weighted by atomic mass is 10.1. The van der Waals surface area contributed by atoms with E-state index in [0.29, 0.717) is 39.0 Å². The van der Waals surface area contributed by atoms with Crippen molar-refractivity contribution in [2.45, 2.75) is 32.0 Å². The number of aliphatic carboxylic acids is 1. The molecule has 1 amide bonds. The van der Waals surface area contributed by atoms with Gasteiger partial charge in [0.1, 0.15) is 12.6 Å².